The minimum Gasteiger partial charge on any atom is -0.447 e. The van der Waals surface area contributed by atoms with Gasteiger partial charge in [0.05, 0.1) is 26.4 Å². The summed E-state index contributed by atoms with van der Waals surface area (Å²) in [6, 6.07) is -2.02. The van der Waals surface area contributed by atoms with Crippen LogP contribution in [0.4, 0.5) is 4.79 Å². The van der Waals surface area contributed by atoms with Crippen LogP contribution in [0.3, 0.4) is 0 Å². The van der Waals surface area contributed by atoms with Crippen LogP contribution in [-0.2, 0) is 41.6 Å². The Labute approximate surface area is 184 Å². The van der Waals surface area contributed by atoms with Gasteiger partial charge in [-0.2, -0.15) is 0 Å². The number of ketones is 1. The molecule has 2 rings (SSSR count). The molecule has 0 aliphatic carbocycles. The Hall–Kier alpha value is -2.57. The first kappa shape index (κ1) is 24.7. The lowest BCUT2D eigenvalue weighted by atomic mass is 10.0. The number of carbonyl (C=O) groups is 4. The van der Waals surface area contributed by atoms with Crippen LogP contribution >= 0.6 is 11.3 Å². The van der Waals surface area contributed by atoms with Crippen LogP contribution in [-0.4, -0.2) is 74.3 Å². The van der Waals surface area contributed by atoms with Gasteiger partial charge in [-0.1, -0.05) is 13.8 Å². The van der Waals surface area contributed by atoms with E-state index in [0.29, 0.717) is 18.2 Å². The summed E-state index contributed by atoms with van der Waals surface area (Å²) in [5.41, 5.74) is 0. The average molecular weight is 457 g/mol. The molecule has 3 amide bonds. The van der Waals surface area contributed by atoms with Crippen LogP contribution in [0.15, 0.2) is 6.20 Å². The summed E-state index contributed by atoms with van der Waals surface area (Å²) in [5.74, 6) is -2.41. The fraction of sp³-hybridized carbons (Fsp3) is 0.632. The molecule has 1 aliphatic heterocycles. The first-order chi connectivity index (χ1) is 14.8. The number of amides is 3. The maximum absolute atomic E-state index is 12.8. The summed E-state index contributed by atoms with van der Waals surface area (Å²) in [7, 11) is 1.55. The third-order valence-electron chi connectivity index (χ3n) is 4.38. The van der Waals surface area contributed by atoms with Gasteiger partial charge in [0.1, 0.15) is 23.7 Å². The largest absolute Gasteiger partial charge is 0.447 e. The molecule has 2 atom stereocenters. The van der Waals surface area contributed by atoms with Crippen molar-refractivity contribution >= 4 is 35.0 Å². The van der Waals surface area contributed by atoms with Gasteiger partial charge in [0.15, 0.2) is 0 Å². The highest BCUT2D eigenvalue weighted by Gasteiger charge is 2.33. The highest BCUT2D eigenvalue weighted by molar-refractivity contribution is 7.11. The predicted octanol–water partition coefficient (Wildman–Crippen LogP) is -0.217. The van der Waals surface area contributed by atoms with E-state index in [2.05, 4.69) is 20.9 Å². The standard InChI is InChI=1S/C19H28N4O7S/c1-11(2)15(23-19(27)30-7-6-29-5-4-28-3)17(25)22-13-8-12-9-20-14(31-12)10-21-18(26)16(13)24/h9,11,13,15H,4-8,10H2,1-3H3,(H,21,26)(H,22,25)(H,23,27). The summed E-state index contributed by atoms with van der Waals surface area (Å²) < 4.78 is 15.1. The molecule has 0 fully saturated rings. The first-order valence-electron chi connectivity index (χ1n) is 9.87. The molecule has 1 aromatic rings. The van der Waals surface area contributed by atoms with Crippen LogP contribution in [0.5, 0.6) is 0 Å². The fourth-order valence-corrected chi connectivity index (χ4v) is 3.65. The van der Waals surface area contributed by atoms with Crippen molar-refractivity contribution in [2.24, 2.45) is 5.92 Å². The SMILES string of the molecule is COCCOCCOC(=O)NC(C(=O)NC1Cc2cnc(s2)CNC(=O)C1=O)C(C)C. The van der Waals surface area contributed by atoms with Crippen molar-refractivity contribution in [3.8, 4) is 0 Å². The van der Waals surface area contributed by atoms with Crippen molar-refractivity contribution in [1.82, 2.24) is 20.9 Å². The first-order valence-corrected chi connectivity index (χ1v) is 10.7. The number of rotatable bonds is 10. The highest BCUT2D eigenvalue weighted by atomic mass is 32.1. The minimum atomic E-state index is -1.06. The number of nitrogens with one attached hydrogen (secondary N) is 3. The number of nitrogens with zero attached hydrogens (tertiary/aromatic N) is 1. The third kappa shape index (κ3) is 7.89. The van der Waals surface area contributed by atoms with Crippen molar-refractivity contribution < 1.29 is 33.4 Å². The molecule has 1 aromatic heterocycles. The van der Waals surface area contributed by atoms with E-state index in [0.717, 1.165) is 4.88 Å². The van der Waals surface area contributed by atoms with Crippen molar-refractivity contribution in [3.63, 3.8) is 0 Å². The Balaban J connectivity index is 1.93. The van der Waals surface area contributed by atoms with Gasteiger partial charge in [-0.15, -0.1) is 11.3 Å². The normalized spacial score (nSPS) is 17.2. The molecule has 0 aromatic carbocycles. The molecule has 1 aliphatic rings. The summed E-state index contributed by atoms with van der Waals surface area (Å²) in [6.45, 7) is 4.66. The summed E-state index contributed by atoms with van der Waals surface area (Å²) in [4.78, 5) is 54.4. The number of fused-ring (bicyclic) bond motifs is 2. The number of hydrogen-bond acceptors (Lipinski definition) is 9. The molecule has 0 saturated carbocycles. The van der Waals surface area contributed by atoms with Gasteiger partial charge in [-0.3, -0.25) is 14.4 Å². The van der Waals surface area contributed by atoms with Crippen LogP contribution in [0.25, 0.3) is 0 Å². The second kappa shape index (κ2) is 12.3. The highest BCUT2D eigenvalue weighted by Crippen LogP contribution is 2.17. The number of hydrogen-bond donors (Lipinski definition) is 3. The third-order valence-corrected chi connectivity index (χ3v) is 5.40. The summed E-state index contributed by atoms with van der Waals surface area (Å²) in [6.07, 6.45) is 0.979. The molecule has 2 bridgehead atoms. The van der Waals surface area contributed by atoms with Gasteiger partial charge in [-0.05, 0) is 5.92 Å². The maximum Gasteiger partial charge on any atom is 0.407 e. The van der Waals surface area contributed by atoms with Gasteiger partial charge in [0, 0.05) is 24.6 Å². The Bertz CT molecular complexity index is 783. The quantitative estimate of drug-likeness (QED) is 0.324. The molecule has 2 heterocycles. The lowest BCUT2D eigenvalue weighted by molar-refractivity contribution is -0.140. The number of ether oxygens (including phenoxy) is 3. The average Bonchev–Trinajstić information content (AvgIpc) is 3.19. The van der Waals surface area contributed by atoms with E-state index in [1.807, 2.05) is 0 Å². The number of carbonyl (C=O) groups excluding carboxylic acids is 4. The molecule has 12 heteroatoms. The van der Waals surface area contributed by atoms with Gasteiger partial charge in [-0.25, -0.2) is 9.78 Å². The van der Waals surface area contributed by atoms with Crippen molar-refractivity contribution in [1.29, 1.82) is 0 Å². The van der Waals surface area contributed by atoms with E-state index in [1.54, 1.807) is 27.2 Å². The van der Waals surface area contributed by atoms with Crippen LogP contribution in [0.2, 0.25) is 0 Å². The molecule has 172 valence electrons. The molecule has 31 heavy (non-hydrogen) atoms. The van der Waals surface area contributed by atoms with E-state index < -0.39 is 35.8 Å². The van der Waals surface area contributed by atoms with E-state index >= 15 is 0 Å². The van der Waals surface area contributed by atoms with Crippen molar-refractivity contribution in [2.45, 2.75) is 38.9 Å². The van der Waals surface area contributed by atoms with Crippen LogP contribution in [0, 0.1) is 5.92 Å². The lowest BCUT2D eigenvalue weighted by Gasteiger charge is -2.24. The zero-order chi connectivity index (χ0) is 22.8. The number of aromatic nitrogens is 1. The Morgan fingerprint density at radius 1 is 1.26 bits per heavy atom. The second-order valence-electron chi connectivity index (χ2n) is 7.14. The minimum absolute atomic E-state index is 0.0109. The van der Waals surface area contributed by atoms with Crippen molar-refractivity contribution in [3.05, 3.63) is 16.1 Å². The Kier molecular flexibility index (Phi) is 9.82. The molecular formula is C19H28N4O7S. The van der Waals surface area contributed by atoms with Crippen molar-refractivity contribution in [2.75, 3.05) is 33.5 Å². The molecule has 0 radical (unpaired) electrons. The molecule has 11 nitrogen and oxygen atoms in total. The molecule has 3 N–H and O–H groups in total. The zero-order valence-corrected chi connectivity index (χ0v) is 18.6. The molecule has 0 saturated heterocycles. The second-order valence-corrected chi connectivity index (χ2v) is 8.34. The van der Waals surface area contributed by atoms with Crippen LogP contribution in [0.1, 0.15) is 23.7 Å². The van der Waals surface area contributed by atoms with Gasteiger partial charge in [0.25, 0.3) is 5.91 Å². The predicted molar refractivity (Wildman–Crippen MR) is 110 cm³/mol. The fourth-order valence-electron chi connectivity index (χ4n) is 2.74. The lowest BCUT2D eigenvalue weighted by Crippen LogP contribution is -2.56. The number of methoxy groups -OCH3 is 1. The van der Waals surface area contributed by atoms with E-state index in [1.165, 1.54) is 11.3 Å². The summed E-state index contributed by atoms with van der Waals surface area (Å²) in [5, 5.41) is 8.27. The number of thiazole rings is 1. The number of Topliss-reactive ketones (excluding diaryl/α,β-unsaturated/α-hetero) is 1. The Morgan fingerprint density at radius 3 is 2.71 bits per heavy atom. The van der Waals surface area contributed by atoms with Gasteiger partial charge >= 0.3 is 6.09 Å². The zero-order valence-electron chi connectivity index (χ0n) is 17.8. The monoisotopic (exact) mass is 456 g/mol. The molecule has 2 unspecified atom stereocenters. The topological polar surface area (TPSA) is 145 Å². The van der Waals surface area contributed by atoms with Crippen LogP contribution < -0.4 is 16.0 Å². The maximum atomic E-state index is 12.8. The molecular weight excluding hydrogens is 428 g/mol. The molecule has 0 spiro atoms. The number of alkyl carbamates (subject to hydrolysis) is 1. The van der Waals surface area contributed by atoms with Gasteiger partial charge in [0.2, 0.25) is 11.7 Å². The summed E-state index contributed by atoms with van der Waals surface area (Å²) >= 11 is 1.36. The van der Waals surface area contributed by atoms with E-state index in [9.17, 15) is 19.2 Å². The smallest absolute Gasteiger partial charge is 0.407 e. The Morgan fingerprint density at radius 2 is 2.00 bits per heavy atom. The van der Waals surface area contributed by atoms with E-state index in [-0.39, 0.29) is 32.1 Å². The van der Waals surface area contributed by atoms with Gasteiger partial charge < -0.3 is 30.2 Å². The van der Waals surface area contributed by atoms with E-state index in [4.69, 9.17) is 14.2 Å².